The number of anilines is 1. The minimum atomic E-state index is -0.359. The minimum Gasteiger partial charge on any atom is -0.343 e. The van der Waals surface area contributed by atoms with E-state index in [-0.39, 0.29) is 22.9 Å². The Bertz CT molecular complexity index is 1100. The zero-order chi connectivity index (χ0) is 18.4. The Labute approximate surface area is 160 Å². The lowest BCUT2D eigenvalue weighted by Crippen LogP contribution is -2.24. The highest BCUT2D eigenvalue weighted by Gasteiger charge is 2.25. The summed E-state index contributed by atoms with van der Waals surface area (Å²) < 4.78 is 2.92. The smallest absolute Gasteiger partial charge is 0.261 e. The number of hydrogen-bond acceptors (Lipinski definition) is 2. The fourth-order valence-electron chi connectivity index (χ4n) is 3.76. The minimum absolute atomic E-state index is 0.182. The van der Waals surface area contributed by atoms with Gasteiger partial charge in [0.2, 0.25) is 5.43 Å². The molecule has 1 aromatic heterocycles. The van der Waals surface area contributed by atoms with Crippen LogP contribution in [0.25, 0.3) is 10.9 Å². The largest absolute Gasteiger partial charge is 0.343 e. The third-order valence-electron chi connectivity index (χ3n) is 5.05. The van der Waals surface area contributed by atoms with Crippen molar-refractivity contribution in [2.75, 3.05) is 5.32 Å². The Morgan fingerprint density at radius 2 is 2.08 bits per heavy atom. The molecular weight excluding hydrogens is 392 g/mol. The molecule has 1 aliphatic rings. The number of nitrogens with one attached hydrogen (secondary N) is 1. The van der Waals surface area contributed by atoms with Crippen LogP contribution in [-0.2, 0) is 12.8 Å². The van der Waals surface area contributed by atoms with Gasteiger partial charge in [-0.2, -0.15) is 0 Å². The number of carbonyl (C=O) groups is 1. The Hall–Kier alpha value is -2.40. The molecule has 2 aromatic carbocycles. The highest BCUT2D eigenvalue weighted by Crippen LogP contribution is 2.33. The molecule has 1 aliphatic heterocycles. The maximum atomic E-state index is 13.0. The van der Waals surface area contributed by atoms with Crippen molar-refractivity contribution >= 4 is 38.4 Å². The number of para-hydroxylation sites is 1. The number of benzene rings is 2. The molecule has 0 spiro atoms. The zero-order valence-corrected chi connectivity index (χ0v) is 16.3. The summed E-state index contributed by atoms with van der Waals surface area (Å²) in [7, 11) is 0. The van der Waals surface area contributed by atoms with E-state index in [1.54, 1.807) is 6.20 Å². The third kappa shape index (κ3) is 2.67. The summed E-state index contributed by atoms with van der Waals surface area (Å²) >= 11 is 3.49. The Balaban J connectivity index is 1.84. The van der Waals surface area contributed by atoms with Crippen molar-refractivity contribution < 1.29 is 4.79 Å². The van der Waals surface area contributed by atoms with Crippen molar-refractivity contribution in [2.45, 2.75) is 32.7 Å². The van der Waals surface area contributed by atoms with Crippen LogP contribution in [-0.4, -0.2) is 10.5 Å². The van der Waals surface area contributed by atoms with Crippen LogP contribution in [0.3, 0.4) is 0 Å². The van der Waals surface area contributed by atoms with Crippen LogP contribution in [0.5, 0.6) is 0 Å². The van der Waals surface area contributed by atoms with Gasteiger partial charge in [0.15, 0.2) is 0 Å². The van der Waals surface area contributed by atoms with Gasteiger partial charge in [-0.25, -0.2) is 0 Å². The molecule has 26 heavy (non-hydrogen) atoms. The second-order valence-corrected chi connectivity index (χ2v) is 7.67. The number of aryl methyl sites for hydroxylation is 1. The van der Waals surface area contributed by atoms with Gasteiger partial charge < -0.3 is 9.88 Å². The molecule has 0 saturated heterocycles. The van der Waals surface area contributed by atoms with Crippen LogP contribution >= 0.6 is 15.9 Å². The van der Waals surface area contributed by atoms with Crippen LogP contribution < -0.4 is 10.7 Å². The van der Waals surface area contributed by atoms with Crippen molar-refractivity contribution in [1.29, 1.82) is 0 Å². The highest BCUT2D eigenvalue weighted by atomic mass is 79.9. The van der Waals surface area contributed by atoms with Gasteiger partial charge in [-0.3, -0.25) is 9.59 Å². The summed E-state index contributed by atoms with van der Waals surface area (Å²) in [6.07, 6.45) is 3.38. The number of hydrogen-bond donors (Lipinski definition) is 1. The van der Waals surface area contributed by atoms with E-state index in [1.807, 2.05) is 37.3 Å². The van der Waals surface area contributed by atoms with Crippen molar-refractivity contribution in [3.8, 4) is 0 Å². The first kappa shape index (κ1) is 17.0. The van der Waals surface area contributed by atoms with Crippen molar-refractivity contribution in [2.24, 2.45) is 0 Å². The zero-order valence-electron chi connectivity index (χ0n) is 14.7. The van der Waals surface area contributed by atoms with Crippen LogP contribution in [0, 0.1) is 0 Å². The number of nitrogens with zero attached hydrogens (tertiary/aromatic N) is 1. The molecular formula is C21H19BrN2O2. The lowest BCUT2D eigenvalue weighted by molar-refractivity contribution is 0.102. The van der Waals surface area contributed by atoms with Gasteiger partial charge >= 0.3 is 0 Å². The van der Waals surface area contributed by atoms with Crippen LogP contribution in [0.4, 0.5) is 5.69 Å². The third-order valence-corrected chi connectivity index (χ3v) is 5.51. The standard InChI is InChI=1S/C21H19BrN2O2/c1-3-13-6-4-5-7-18(13)23-21(26)17-11-24-12(2)8-14-9-15(22)10-16(19(14)24)20(17)25/h4-7,9-12H,3,8H2,1-2H3,(H,23,26)/t12-/m0/s1. The maximum Gasteiger partial charge on any atom is 0.261 e. The highest BCUT2D eigenvalue weighted by molar-refractivity contribution is 9.10. The van der Waals surface area contributed by atoms with Gasteiger partial charge in [-0.15, -0.1) is 0 Å². The van der Waals surface area contributed by atoms with Crippen LogP contribution in [0.1, 0.15) is 41.4 Å². The SMILES string of the molecule is CCc1ccccc1NC(=O)c1cn2c3c(cc(Br)cc3c1=O)C[C@@H]2C. The summed E-state index contributed by atoms with van der Waals surface area (Å²) in [5.74, 6) is -0.359. The predicted molar refractivity (Wildman–Crippen MR) is 108 cm³/mol. The number of aromatic nitrogens is 1. The number of carbonyl (C=O) groups excluding carboxylic acids is 1. The Morgan fingerprint density at radius 1 is 1.31 bits per heavy atom. The molecule has 5 heteroatoms. The number of halogens is 1. The van der Waals surface area contributed by atoms with E-state index in [0.29, 0.717) is 5.39 Å². The molecule has 0 radical (unpaired) electrons. The predicted octanol–water partition coefficient (Wildman–Crippen LogP) is 4.70. The molecule has 4 nitrogen and oxygen atoms in total. The van der Waals surface area contributed by atoms with E-state index >= 15 is 0 Å². The summed E-state index contributed by atoms with van der Waals surface area (Å²) in [6.45, 7) is 4.14. The molecule has 0 bridgehead atoms. The van der Waals surface area contributed by atoms with Gasteiger partial charge in [-0.1, -0.05) is 41.1 Å². The first-order valence-electron chi connectivity index (χ1n) is 8.76. The van der Waals surface area contributed by atoms with Crippen molar-refractivity contribution in [3.63, 3.8) is 0 Å². The van der Waals surface area contributed by atoms with Crippen molar-refractivity contribution in [3.05, 3.63) is 74.0 Å². The Morgan fingerprint density at radius 3 is 2.85 bits per heavy atom. The van der Waals surface area contributed by atoms with Gasteiger partial charge in [0.05, 0.1) is 5.52 Å². The molecule has 1 atom stereocenters. The molecule has 1 amide bonds. The van der Waals surface area contributed by atoms with E-state index in [4.69, 9.17) is 0 Å². The first-order valence-corrected chi connectivity index (χ1v) is 9.55. The topological polar surface area (TPSA) is 51.1 Å². The van der Waals surface area contributed by atoms with E-state index in [1.165, 1.54) is 0 Å². The van der Waals surface area contributed by atoms with Gasteiger partial charge in [0, 0.05) is 27.8 Å². The monoisotopic (exact) mass is 410 g/mol. The molecule has 1 N–H and O–H groups in total. The molecule has 2 heterocycles. The maximum absolute atomic E-state index is 13.0. The van der Waals surface area contributed by atoms with E-state index < -0.39 is 0 Å². The van der Waals surface area contributed by atoms with E-state index in [0.717, 1.165) is 39.6 Å². The molecule has 132 valence electrons. The molecule has 4 rings (SSSR count). The fraction of sp³-hybridized carbons (Fsp3) is 0.238. The lowest BCUT2D eigenvalue weighted by atomic mass is 10.1. The fourth-order valence-corrected chi connectivity index (χ4v) is 4.27. The van der Waals surface area contributed by atoms with Gasteiger partial charge in [-0.05, 0) is 49.1 Å². The number of pyridine rings is 1. The number of rotatable bonds is 3. The average molecular weight is 411 g/mol. The van der Waals surface area contributed by atoms with E-state index in [2.05, 4.69) is 38.8 Å². The first-order chi connectivity index (χ1) is 12.5. The molecule has 0 fully saturated rings. The second kappa shape index (κ2) is 6.40. The van der Waals surface area contributed by atoms with Gasteiger partial charge in [0.25, 0.3) is 5.91 Å². The lowest BCUT2D eigenvalue weighted by Gasteiger charge is -2.14. The molecule has 3 aromatic rings. The summed E-state index contributed by atoms with van der Waals surface area (Å²) in [4.78, 5) is 25.9. The van der Waals surface area contributed by atoms with Crippen LogP contribution in [0.15, 0.2) is 51.9 Å². The molecule has 0 aliphatic carbocycles. The summed E-state index contributed by atoms with van der Waals surface area (Å²) in [5, 5.41) is 3.51. The van der Waals surface area contributed by atoms with Crippen molar-refractivity contribution in [1.82, 2.24) is 4.57 Å². The van der Waals surface area contributed by atoms with E-state index in [9.17, 15) is 9.59 Å². The normalized spacial score (nSPS) is 15.4. The summed E-state index contributed by atoms with van der Waals surface area (Å²) in [6, 6.07) is 11.8. The molecule has 0 saturated carbocycles. The number of amides is 1. The van der Waals surface area contributed by atoms with Gasteiger partial charge in [0.1, 0.15) is 5.56 Å². The average Bonchev–Trinajstić information content (AvgIpc) is 2.93. The second-order valence-electron chi connectivity index (χ2n) is 6.76. The summed E-state index contributed by atoms with van der Waals surface area (Å²) in [5.41, 5.74) is 3.84. The quantitative estimate of drug-likeness (QED) is 0.680. The van der Waals surface area contributed by atoms with Crippen LogP contribution in [0.2, 0.25) is 0 Å². The molecule has 0 unspecified atom stereocenters. The Kier molecular flexibility index (Phi) is 4.19.